The predicted octanol–water partition coefficient (Wildman–Crippen LogP) is 5.86. The second-order valence-corrected chi connectivity index (χ2v) is 9.24. The average molecular weight is 562 g/mol. The molecule has 0 saturated heterocycles. The summed E-state index contributed by atoms with van der Waals surface area (Å²) in [5.41, 5.74) is 1.22. The lowest BCUT2D eigenvalue weighted by Gasteiger charge is -2.27. The van der Waals surface area contributed by atoms with Crippen LogP contribution in [-0.4, -0.2) is 34.5 Å². The highest BCUT2D eigenvalue weighted by Gasteiger charge is 2.45. The smallest absolute Gasteiger partial charge is 0.338 e. The van der Waals surface area contributed by atoms with E-state index < -0.39 is 29.5 Å². The third-order valence-electron chi connectivity index (χ3n) is 6.00. The maximum atomic E-state index is 13.7. The highest BCUT2D eigenvalue weighted by atomic mass is 79.9. The van der Waals surface area contributed by atoms with E-state index in [2.05, 4.69) is 15.9 Å². The van der Waals surface area contributed by atoms with E-state index >= 15 is 0 Å². The number of nitrogens with zero attached hydrogens (tertiary/aromatic N) is 1. The molecule has 0 fully saturated rings. The van der Waals surface area contributed by atoms with Crippen molar-refractivity contribution in [2.45, 2.75) is 13.0 Å². The summed E-state index contributed by atoms with van der Waals surface area (Å²) in [6, 6.07) is 17.9. The van der Waals surface area contributed by atoms with E-state index in [1.165, 1.54) is 23.1 Å². The molecule has 37 heavy (non-hydrogen) atoms. The van der Waals surface area contributed by atoms with Gasteiger partial charge < -0.3 is 19.4 Å². The molecule has 1 atom stereocenters. The molecule has 9 heteroatoms. The number of carbonyl (C=O) groups excluding carboxylic acids is 3. The van der Waals surface area contributed by atoms with Crippen LogP contribution >= 0.6 is 15.9 Å². The van der Waals surface area contributed by atoms with E-state index in [1.807, 2.05) is 0 Å². The van der Waals surface area contributed by atoms with Crippen LogP contribution in [0.2, 0.25) is 0 Å². The standard InChI is InChI=1S/C28H20BrNO7/c1-2-36-28(35)16-4-3-5-19(13-16)30-24(15-6-9-20(31)10-7-15)23(26(33)27(30)34)25(32)22-14-17-12-18(29)8-11-21(17)37-22/h3-14,24,31,33H,2H2,1H3. The Labute approximate surface area is 219 Å². The average Bonchev–Trinajstić information content (AvgIpc) is 3.42. The Morgan fingerprint density at radius 1 is 1.03 bits per heavy atom. The highest BCUT2D eigenvalue weighted by molar-refractivity contribution is 9.10. The Hall–Kier alpha value is -4.37. The molecular weight excluding hydrogens is 542 g/mol. The summed E-state index contributed by atoms with van der Waals surface area (Å²) in [7, 11) is 0. The number of halogens is 1. The number of hydrogen-bond acceptors (Lipinski definition) is 7. The van der Waals surface area contributed by atoms with Crippen molar-refractivity contribution in [3.63, 3.8) is 0 Å². The molecule has 1 amide bonds. The molecule has 0 saturated carbocycles. The molecule has 2 N–H and O–H groups in total. The highest BCUT2D eigenvalue weighted by Crippen LogP contribution is 2.43. The van der Waals surface area contributed by atoms with Crippen LogP contribution in [0.5, 0.6) is 5.75 Å². The zero-order chi connectivity index (χ0) is 26.3. The van der Waals surface area contributed by atoms with E-state index in [9.17, 15) is 24.6 Å². The van der Waals surface area contributed by atoms with Gasteiger partial charge in [0.25, 0.3) is 5.91 Å². The number of aliphatic hydroxyl groups excluding tert-OH is 1. The first-order chi connectivity index (χ1) is 17.8. The van der Waals surface area contributed by atoms with Gasteiger partial charge in [0.1, 0.15) is 11.3 Å². The lowest BCUT2D eigenvalue weighted by Crippen LogP contribution is -2.31. The summed E-state index contributed by atoms with van der Waals surface area (Å²) >= 11 is 3.39. The van der Waals surface area contributed by atoms with Crippen LogP contribution in [0.25, 0.3) is 11.0 Å². The van der Waals surface area contributed by atoms with Crippen molar-refractivity contribution < 1.29 is 33.8 Å². The fraction of sp³-hybridized carbons (Fsp3) is 0.107. The summed E-state index contributed by atoms with van der Waals surface area (Å²) in [5, 5.41) is 21.4. The number of rotatable bonds is 6. The van der Waals surface area contributed by atoms with Gasteiger partial charge in [0.15, 0.2) is 11.5 Å². The number of ether oxygens (including phenoxy) is 1. The van der Waals surface area contributed by atoms with Gasteiger partial charge in [-0.1, -0.05) is 34.1 Å². The molecule has 2 heterocycles. The van der Waals surface area contributed by atoms with Crippen molar-refractivity contribution >= 4 is 50.2 Å². The number of esters is 1. The molecule has 0 bridgehead atoms. The topological polar surface area (TPSA) is 117 Å². The number of Topliss-reactive ketones (excluding diaryl/α,β-unsaturated/α-hetero) is 1. The number of aliphatic hydroxyl groups is 1. The monoisotopic (exact) mass is 561 g/mol. The lowest BCUT2D eigenvalue weighted by molar-refractivity contribution is -0.117. The molecule has 0 spiro atoms. The Morgan fingerprint density at radius 3 is 2.51 bits per heavy atom. The summed E-state index contributed by atoms with van der Waals surface area (Å²) in [6.45, 7) is 1.86. The maximum absolute atomic E-state index is 13.7. The Morgan fingerprint density at radius 2 is 1.78 bits per heavy atom. The summed E-state index contributed by atoms with van der Waals surface area (Å²) in [4.78, 5) is 40.7. The minimum atomic E-state index is -1.06. The van der Waals surface area contributed by atoms with E-state index in [0.29, 0.717) is 16.5 Å². The number of ketones is 1. The van der Waals surface area contributed by atoms with Crippen LogP contribution < -0.4 is 4.90 Å². The summed E-state index contributed by atoms with van der Waals surface area (Å²) in [5.74, 6) is -2.84. The Kier molecular flexibility index (Phi) is 6.31. The van der Waals surface area contributed by atoms with E-state index in [4.69, 9.17) is 9.15 Å². The molecule has 1 aliphatic heterocycles. The number of carbonyl (C=O) groups is 3. The van der Waals surface area contributed by atoms with Gasteiger partial charge in [0, 0.05) is 15.5 Å². The lowest BCUT2D eigenvalue weighted by atomic mass is 9.94. The van der Waals surface area contributed by atoms with E-state index in [-0.39, 0.29) is 34.9 Å². The van der Waals surface area contributed by atoms with Crippen molar-refractivity contribution in [1.29, 1.82) is 0 Å². The molecular formula is C28H20BrNO7. The van der Waals surface area contributed by atoms with Gasteiger partial charge >= 0.3 is 5.97 Å². The number of anilines is 1. The van der Waals surface area contributed by atoms with Crippen molar-refractivity contribution in [2.24, 2.45) is 0 Å². The van der Waals surface area contributed by atoms with Crippen LogP contribution in [0, 0.1) is 0 Å². The van der Waals surface area contributed by atoms with Crippen LogP contribution in [0.1, 0.15) is 39.4 Å². The number of phenols is 1. The van der Waals surface area contributed by atoms with Crippen molar-refractivity contribution in [2.75, 3.05) is 11.5 Å². The largest absolute Gasteiger partial charge is 0.508 e. The molecule has 1 aliphatic rings. The minimum absolute atomic E-state index is 0.00660. The second kappa shape index (κ2) is 9.59. The van der Waals surface area contributed by atoms with Gasteiger partial charge in [-0.05, 0) is 67.1 Å². The summed E-state index contributed by atoms with van der Waals surface area (Å²) in [6.07, 6.45) is 0. The molecule has 0 radical (unpaired) electrons. The summed E-state index contributed by atoms with van der Waals surface area (Å²) < 4.78 is 11.6. The second-order valence-electron chi connectivity index (χ2n) is 8.32. The van der Waals surface area contributed by atoms with Crippen LogP contribution in [0.3, 0.4) is 0 Å². The molecule has 1 unspecified atom stereocenters. The van der Waals surface area contributed by atoms with Gasteiger partial charge in [0.05, 0.1) is 23.8 Å². The van der Waals surface area contributed by atoms with Gasteiger partial charge in [-0.2, -0.15) is 0 Å². The fourth-order valence-corrected chi connectivity index (χ4v) is 4.71. The van der Waals surface area contributed by atoms with E-state index in [0.717, 1.165) is 4.47 Å². The molecule has 8 nitrogen and oxygen atoms in total. The Bertz CT molecular complexity index is 1590. The first-order valence-electron chi connectivity index (χ1n) is 11.3. The first kappa shape index (κ1) is 24.3. The fourth-order valence-electron chi connectivity index (χ4n) is 4.33. The number of amides is 1. The first-order valence-corrected chi connectivity index (χ1v) is 12.1. The minimum Gasteiger partial charge on any atom is -0.508 e. The van der Waals surface area contributed by atoms with Crippen molar-refractivity contribution in [3.8, 4) is 5.75 Å². The molecule has 0 aliphatic carbocycles. The Balaban J connectivity index is 1.63. The van der Waals surface area contributed by atoms with Crippen LogP contribution in [0.15, 0.2) is 93.0 Å². The number of aromatic hydroxyl groups is 1. The molecule has 1 aromatic heterocycles. The molecule has 4 aromatic rings. The molecule has 5 rings (SSSR count). The van der Waals surface area contributed by atoms with E-state index in [1.54, 1.807) is 61.5 Å². The SMILES string of the molecule is CCOC(=O)c1cccc(N2C(=O)C(O)=C(C(=O)c3cc4cc(Br)ccc4o3)C2c2ccc(O)cc2)c1. The van der Waals surface area contributed by atoms with Crippen molar-refractivity contribution in [3.05, 3.63) is 105 Å². The number of fused-ring (bicyclic) bond motifs is 1. The van der Waals surface area contributed by atoms with Gasteiger partial charge in [-0.15, -0.1) is 0 Å². The third kappa shape index (κ3) is 4.38. The zero-order valence-corrected chi connectivity index (χ0v) is 21.1. The number of benzene rings is 3. The molecule has 186 valence electrons. The van der Waals surface area contributed by atoms with Crippen LogP contribution in [-0.2, 0) is 9.53 Å². The quantitative estimate of drug-likeness (QED) is 0.223. The number of phenolic OH excluding ortho intramolecular Hbond substituents is 1. The van der Waals surface area contributed by atoms with Crippen LogP contribution in [0.4, 0.5) is 5.69 Å². The normalized spacial score (nSPS) is 15.5. The van der Waals surface area contributed by atoms with Gasteiger partial charge in [-0.25, -0.2) is 4.79 Å². The van der Waals surface area contributed by atoms with Gasteiger partial charge in [-0.3, -0.25) is 14.5 Å². The maximum Gasteiger partial charge on any atom is 0.338 e. The van der Waals surface area contributed by atoms with Gasteiger partial charge in [0.2, 0.25) is 5.78 Å². The molecule has 3 aromatic carbocycles. The number of furan rings is 1. The van der Waals surface area contributed by atoms with Crippen molar-refractivity contribution in [1.82, 2.24) is 0 Å². The predicted molar refractivity (Wildman–Crippen MR) is 139 cm³/mol. The zero-order valence-electron chi connectivity index (χ0n) is 19.5. The third-order valence-corrected chi connectivity index (χ3v) is 6.49. The number of hydrogen-bond donors (Lipinski definition) is 2.